The van der Waals surface area contributed by atoms with Crippen LogP contribution in [0.3, 0.4) is 0 Å². The molecule has 0 spiro atoms. The number of thiazole rings is 1. The van der Waals surface area contributed by atoms with Crippen LogP contribution in [0.4, 0.5) is 5.13 Å². The second-order valence-corrected chi connectivity index (χ2v) is 6.11. The molecule has 122 valence electrons. The van der Waals surface area contributed by atoms with Gasteiger partial charge in [0.2, 0.25) is 11.8 Å². The molecule has 1 saturated heterocycles. The van der Waals surface area contributed by atoms with E-state index in [-0.39, 0.29) is 24.4 Å². The second-order valence-electron chi connectivity index (χ2n) is 5.24. The van der Waals surface area contributed by atoms with Crippen molar-refractivity contribution in [2.24, 2.45) is 0 Å². The Labute approximate surface area is 137 Å². The topological polar surface area (TPSA) is 87.5 Å². The first-order chi connectivity index (χ1) is 11.2. The van der Waals surface area contributed by atoms with Crippen LogP contribution in [0.25, 0.3) is 0 Å². The molecule has 7 nitrogen and oxygen atoms in total. The zero-order valence-corrected chi connectivity index (χ0v) is 13.3. The molecule has 1 aliphatic heterocycles. The van der Waals surface area contributed by atoms with Crippen molar-refractivity contribution in [1.29, 1.82) is 0 Å². The van der Waals surface area contributed by atoms with E-state index in [1.807, 2.05) is 10.3 Å². The number of aromatic nitrogens is 1. The Balaban J connectivity index is 1.46. The fourth-order valence-corrected chi connectivity index (χ4v) is 3.29. The van der Waals surface area contributed by atoms with Gasteiger partial charge in [-0.1, -0.05) is 0 Å². The summed E-state index contributed by atoms with van der Waals surface area (Å²) >= 11 is 1.52. The lowest BCUT2D eigenvalue weighted by atomic mass is 10.2. The molecule has 3 rings (SSSR count). The Morgan fingerprint density at radius 3 is 3.09 bits per heavy atom. The van der Waals surface area contributed by atoms with Crippen LogP contribution in [0.1, 0.15) is 18.6 Å². The molecule has 2 aromatic heterocycles. The summed E-state index contributed by atoms with van der Waals surface area (Å²) in [6, 6.07) is 3.29. The van der Waals surface area contributed by atoms with Crippen LogP contribution in [0.15, 0.2) is 34.4 Å². The van der Waals surface area contributed by atoms with Gasteiger partial charge in [0.25, 0.3) is 0 Å². The molecule has 0 aliphatic carbocycles. The Hall–Kier alpha value is -2.35. The van der Waals surface area contributed by atoms with E-state index in [1.165, 1.54) is 11.3 Å². The molecular weight excluding hydrogens is 316 g/mol. The largest absolute Gasteiger partial charge is 0.467 e. The minimum atomic E-state index is -0.251. The van der Waals surface area contributed by atoms with Crippen molar-refractivity contribution >= 4 is 28.3 Å². The predicted octanol–water partition coefficient (Wildman–Crippen LogP) is 1.14. The van der Waals surface area contributed by atoms with Crippen molar-refractivity contribution in [3.8, 4) is 0 Å². The smallest absolute Gasteiger partial charge is 0.243 e. The van der Waals surface area contributed by atoms with Crippen LogP contribution in [-0.4, -0.2) is 35.9 Å². The van der Waals surface area contributed by atoms with Gasteiger partial charge in [-0.25, -0.2) is 4.98 Å². The van der Waals surface area contributed by atoms with E-state index in [1.54, 1.807) is 24.6 Å². The Morgan fingerprint density at radius 2 is 2.35 bits per heavy atom. The molecule has 1 fully saturated rings. The van der Waals surface area contributed by atoms with Gasteiger partial charge in [-0.2, -0.15) is 0 Å². The SMILES string of the molecule is O=C(CNC(=O)C1CCCN1c1nccs1)NCc1ccco1. The van der Waals surface area contributed by atoms with Crippen molar-refractivity contribution in [3.05, 3.63) is 35.7 Å². The summed E-state index contributed by atoms with van der Waals surface area (Å²) in [6.45, 7) is 1.09. The quantitative estimate of drug-likeness (QED) is 0.827. The average molecular weight is 334 g/mol. The van der Waals surface area contributed by atoms with Crippen LogP contribution in [-0.2, 0) is 16.1 Å². The van der Waals surface area contributed by atoms with Crippen LogP contribution < -0.4 is 15.5 Å². The van der Waals surface area contributed by atoms with Gasteiger partial charge in [0, 0.05) is 18.1 Å². The molecule has 2 aromatic rings. The zero-order valence-electron chi connectivity index (χ0n) is 12.5. The highest BCUT2D eigenvalue weighted by molar-refractivity contribution is 7.13. The molecular formula is C15H18N4O3S. The van der Waals surface area contributed by atoms with Gasteiger partial charge in [0.1, 0.15) is 11.8 Å². The van der Waals surface area contributed by atoms with Gasteiger partial charge < -0.3 is 20.0 Å². The maximum atomic E-state index is 12.3. The molecule has 0 saturated carbocycles. The maximum Gasteiger partial charge on any atom is 0.243 e. The van der Waals surface area contributed by atoms with Crippen molar-refractivity contribution < 1.29 is 14.0 Å². The summed E-state index contributed by atoms with van der Waals surface area (Å²) < 4.78 is 5.13. The molecule has 2 N–H and O–H groups in total. The number of furan rings is 1. The number of carbonyl (C=O) groups excluding carboxylic acids is 2. The molecule has 3 heterocycles. The Morgan fingerprint density at radius 1 is 1.43 bits per heavy atom. The first kappa shape index (κ1) is 15.5. The third kappa shape index (κ3) is 3.89. The molecule has 8 heteroatoms. The Bertz CT molecular complexity index is 642. The van der Waals surface area contributed by atoms with Crippen LogP contribution in [0.2, 0.25) is 0 Å². The van der Waals surface area contributed by atoms with Crippen LogP contribution in [0.5, 0.6) is 0 Å². The standard InChI is InChI=1S/C15H18N4O3S/c20-13(17-9-11-3-2-7-22-11)10-18-14(21)12-4-1-6-19(12)15-16-5-8-23-15/h2-3,5,7-8,12H,1,4,6,9-10H2,(H,17,20)(H,18,21). The van der Waals surface area contributed by atoms with Gasteiger partial charge >= 0.3 is 0 Å². The maximum absolute atomic E-state index is 12.3. The molecule has 0 bridgehead atoms. The van der Waals surface area contributed by atoms with Gasteiger partial charge in [-0.3, -0.25) is 9.59 Å². The lowest BCUT2D eigenvalue weighted by Crippen LogP contribution is -2.46. The van der Waals surface area contributed by atoms with E-state index in [0.717, 1.165) is 24.5 Å². The lowest BCUT2D eigenvalue weighted by Gasteiger charge is -2.22. The van der Waals surface area contributed by atoms with Gasteiger partial charge in [-0.05, 0) is 25.0 Å². The first-order valence-electron chi connectivity index (χ1n) is 7.47. The van der Waals surface area contributed by atoms with E-state index in [4.69, 9.17) is 4.42 Å². The van der Waals surface area contributed by atoms with E-state index in [2.05, 4.69) is 15.6 Å². The number of carbonyl (C=O) groups is 2. The minimum absolute atomic E-state index is 0.0399. The van der Waals surface area contributed by atoms with Crippen molar-refractivity contribution in [1.82, 2.24) is 15.6 Å². The van der Waals surface area contributed by atoms with Gasteiger partial charge in [-0.15, -0.1) is 11.3 Å². The minimum Gasteiger partial charge on any atom is -0.467 e. The number of nitrogens with one attached hydrogen (secondary N) is 2. The normalized spacial score (nSPS) is 17.2. The fourth-order valence-electron chi connectivity index (χ4n) is 2.57. The number of amides is 2. The third-order valence-electron chi connectivity index (χ3n) is 3.68. The number of anilines is 1. The molecule has 0 aromatic carbocycles. The summed E-state index contributed by atoms with van der Waals surface area (Å²) in [5.74, 6) is 0.301. The summed E-state index contributed by atoms with van der Waals surface area (Å²) in [4.78, 5) is 30.3. The molecule has 1 atom stereocenters. The van der Waals surface area contributed by atoms with Crippen LogP contribution in [0, 0.1) is 0 Å². The summed E-state index contributed by atoms with van der Waals surface area (Å²) in [6.07, 6.45) is 5.01. The highest BCUT2D eigenvalue weighted by atomic mass is 32.1. The summed E-state index contributed by atoms with van der Waals surface area (Å²) in [5, 5.41) is 8.14. The second kappa shape index (κ2) is 7.28. The summed E-state index contributed by atoms with van der Waals surface area (Å²) in [5.41, 5.74) is 0. The van der Waals surface area contributed by atoms with E-state index in [9.17, 15) is 9.59 Å². The fraction of sp³-hybridized carbons (Fsp3) is 0.400. The summed E-state index contributed by atoms with van der Waals surface area (Å²) in [7, 11) is 0. The van der Waals surface area contributed by atoms with Crippen LogP contribution >= 0.6 is 11.3 Å². The van der Waals surface area contributed by atoms with E-state index in [0.29, 0.717) is 12.3 Å². The molecule has 1 unspecified atom stereocenters. The van der Waals surface area contributed by atoms with Crippen molar-refractivity contribution in [2.45, 2.75) is 25.4 Å². The van der Waals surface area contributed by atoms with E-state index >= 15 is 0 Å². The molecule has 23 heavy (non-hydrogen) atoms. The molecule has 2 amide bonds. The first-order valence-corrected chi connectivity index (χ1v) is 8.35. The number of nitrogens with zero attached hydrogens (tertiary/aromatic N) is 2. The predicted molar refractivity (Wildman–Crippen MR) is 86.0 cm³/mol. The lowest BCUT2D eigenvalue weighted by molar-refractivity contribution is -0.126. The number of hydrogen-bond donors (Lipinski definition) is 2. The van der Waals surface area contributed by atoms with Gasteiger partial charge in [0.05, 0.1) is 19.4 Å². The zero-order chi connectivity index (χ0) is 16.1. The van der Waals surface area contributed by atoms with E-state index < -0.39 is 0 Å². The molecule has 0 radical (unpaired) electrons. The number of rotatable bonds is 6. The average Bonchev–Trinajstić information content (AvgIpc) is 3.31. The Kier molecular flexibility index (Phi) is 4.92. The number of hydrogen-bond acceptors (Lipinski definition) is 6. The van der Waals surface area contributed by atoms with Gasteiger partial charge in [0.15, 0.2) is 5.13 Å². The third-order valence-corrected chi connectivity index (χ3v) is 4.49. The highest BCUT2D eigenvalue weighted by Gasteiger charge is 2.32. The highest BCUT2D eigenvalue weighted by Crippen LogP contribution is 2.27. The van der Waals surface area contributed by atoms with Crippen molar-refractivity contribution in [2.75, 3.05) is 18.0 Å². The molecule has 1 aliphatic rings. The monoisotopic (exact) mass is 334 g/mol. The van der Waals surface area contributed by atoms with Crippen molar-refractivity contribution in [3.63, 3.8) is 0 Å².